The first-order valence-corrected chi connectivity index (χ1v) is 6.09. The largest absolute Gasteiger partial charge is 0.365 e. The van der Waals surface area contributed by atoms with Gasteiger partial charge in [0.1, 0.15) is 17.5 Å². The summed E-state index contributed by atoms with van der Waals surface area (Å²) in [7, 11) is 0. The minimum absolute atomic E-state index is 0.0625. The number of amides is 1. The third kappa shape index (κ3) is 3.07. The third-order valence-corrected chi connectivity index (χ3v) is 2.72. The van der Waals surface area contributed by atoms with E-state index in [0.717, 1.165) is 18.7 Å². The SMILES string of the molecule is CCCc1nc(NN)cc(NC2CNC(=O)C2)n1. The molecule has 1 aromatic rings. The summed E-state index contributed by atoms with van der Waals surface area (Å²) in [5, 5.41) is 5.99. The van der Waals surface area contributed by atoms with Gasteiger partial charge < -0.3 is 16.1 Å². The van der Waals surface area contributed by atoms with Crippen LogP contribution >= 0.6 is 0 Å². The molecule has 0 aliphatic carbocycles. The van der Waals surface area contributed by atoms with Crippen molar-refractivity contribution in [1.29, 1.82) is 0 Å². The van der Waals surface area contributed by atoms with Gasteiger partial charge in [-0.25, -0.2) is 15.8 Å². The zero-order valence-electron chi connectivity index (χ0n) is 10.4. The molecule has 18 heavy (non-hydrogen) atoms. The van der Waals surface area contributed by atoms with E-state index in [1.54, 1.807) is 6.07 Å². The molecule has 1 aliphatic rings. The lowest BCUT2D eigenvalue weighted by Gasteiger charge is -2.13. The maximum absolute atomic E-state index is 11.1. The van der Waals surface area contributed by atoms with E-state index in [0.29, 0.717) is 24.6 Å². The molecule has 1 aliphatic heterocycles. The average Bonchev–Trinajstić information content (AvgIpc) is 2.75. The van der Waals surface area contributed by atoms with Gasteiger partial charge >= 0.3 is 0 Å². The summed E-state index contributed by atoms with van der Waals surface area (Å²) in [5.74, 6) is 7.46. The molecular formula is C11H18N6O. The molecule has 1 aromatic heterocycles. The van der Waals surface area contributed by atoms with Gasteiger partial charge in [-0.3, -0.25) is 4.79 Å². The highest BCUT2D eigenvalue weighted by Crippen LogP contribution is 2.14. The number of hydrazine groups is 1. The molecule has 0 aromatic carbocycles. The average molecular weight is 250 g/mol. The molecule has 2 heterocycles. The first kappa shape index (κ1) is 12.6. The first-order valence-electron chi connectivity index (χ1n) is 6.09. The van der Waals surface area contributed by atoms with Crippen LogP contribution in [0.3, 0.4) is 0 Å². The zero-order valence-corrected chi connectivity index (χ0v) is 10.4. The summed E-state index contributed by atoms with van der Waals surface area (Å²) < 4.78 is 0. The molecule has 0 radical (unpaired) electrons. The van der Waals surface area contributed by atoms with Crippen LogP contribution in [0.2, 0.25) is 0 Å². The number of nitrogen functional groups attached to an aromatic ring is 1. The second-order valence-electron chi connectivity index (χ2n) is 4.30. The lowest BCUT2D eigenvalue weighted by atomic mass is 10.2. The minimum atomic E-state index is 0.0625. The van der Waals surface area contributed by atoms with Crippen molar-refractivity contribution in [3.05, 3.63) is 11.9 Å². The Morgan fingerprint density at radius 2 is 2.28 bits per heavy atom. The van der Waals surface area contributed by atoms with E-state index >= 15 is 0 Å². The Balaban J connectivity index is 2.10. The highest BCUT2D eigenvalue weighted by atomic mass is 16.1. The van der Waals surface area contributed by atoms with Crippen molar-refractivity contribution >= 4 is 17.5 Å². The van der Waals surface area contributed by atoms with E-state index in [9.17, 15) is 4.79 Å². The number of anilines is 2. The maximum atomic E-state index is 11.1. The monoisotopic (exact) mass is 250 g/mol. The topological polar surface area (TPSA) is 105 Å². The van der Waals surface area contributed by atoms with Crippen LogP contribution in [0.25, 0.3) is 0 Å². The summed E-state index contributed by atoms with van der Waals surface area (Å²) in [5.41, 5.74) is 2.53. The predicted molar refractivity (Wildman–Crippen MR) is 68.9 cm³/mol. The van der Waals surface area contributed by atoms with E-state index in [2.05, 4.69) is 33.0 Å². The Labute approximate surface area is 106 Å². The van der Waals surface area contributed by atoms with Gasteiger partial charge in [-0.1, -0.05) is 6.92 Å². The van der Waals surface area contributed by atoms with Crippen LogP contribution < -0.4 is 21.9 Å². The van der Waals surface area contributed by atoms with Gasteiger partial charge in [0, 0.05) is 25.5 Å². The molecule has 7 nitrogen and oxygen atoms in total. The van der Waals surface area contributed by atoms with Gasteiger partial charge in [-0.05, 0) is 6.42 Å². The molecule has 1 amide bonds. The predicted octanol–water partition coefficient (Wildman–Crippen LogP) is 0.0151. The second kappa shape index (κ2) is 5.63. The minimum Gasteiger partial charge on any atom is -0.365 e. The third-order valence-electron chi connectivity index (χ3n) is 2.72. The molecule has 1 saturated heterocycles. The normalized spacial score (nSPS) is 18.6. The van der Waals surface area contributed by atoms with Crippen molar-refractivity contribution in [2.45, 2.75) is 32.2 Å². The number of nitrogens with zero attached hydrogens (tertiary/aromatic N) is 2. The van der Waals surface area contributed by atoms with Crippen molar-refractivity contribution in [3.8, 4) is 0 Å². The van der Waals surface area contributed by atoms with E-state index in [-0.39, 0.29) is 11.9 Å². The van der Waals surface area contributed by atoms with Crippen molar-refractivity contribution in [2.24, 2.45) is 5.84 Å². The van der Waals surface area contributed by atoms with Crippen molar-refractivity contribution in [1.82, 2.24) is 15.3 Å². The maximum Gasteiger partial charge on any atom is 0.222 e. The van der Waals surface area contributed by atoms with Gasteiger partial charge in [-0.15, -0.1) is 0 Å². The van der Waals surface area contributed by atoms with Crippen LogP contribution in [0.15, 0.2) is 6.07 Å². The van der Waals surface area contributed by atoms with E-state index < -0.39 is 0 Å². The smallest absolute Gasteiger partial charge is 0.222 e. The van der Waals surface area contributed by atoms with Gasteiger partial charge in [0.25, 0.3) is 0 Å². The first-order chi connectivity index (χ1) is 8.71. The van der Waals surface area contributed by atoms with Crippen LogP contribution in [-0.2, 0) is 11.2 Å². The molecule has 0 saturated carbocycles. The summed E-state index contributed by atoms with van der Waals surface area (Å²) in [4.78, 5) is 19.8. The van der Waals surface area contributed by atoms with Crippen LogP contribution in [-0.4, -0.2) is 28.5 Å². The molecule has 0 spiro atoms. The number of nitrogens with one attached hydrogen (secondary N) is 3. The number of hydrogen-bond acceptors (Lipinski definition) is 6. The molecule has 1 fully saturated rings. The van der Waals surface area contributed by atoms with Crippen molar-refractivity contribution < 1.29 is 4.79 Å². The molecule has 98 valence electrons. The van der Waals surface area contributed by atoms with Gasteiger partial charge in [0.15, 0.2) is 0 Å². The van der Waals surface area contributed by atoms with Crippen LogP contribution in [0, 0.1) is 0 Å². The summed E-state index contributed by atoms with van der Waals surface area (Å²) in [6.45, 7) is 2.69. The molecular weight excluding hydrogens is 232 g/mol. The summed E-state index contributed by atoms with van der Waals surface area (Å²) in [6, 6.07) is 1.81. The van der Waals surface area contributed by atoms with Crippen LogP contribution in [0.1, 0.15) is 25.6 Å². The summed E-state index contributed by atoms with van der Waals surface area (Å²) >= 11 is 0. The van der Waals surface area contributed by atoms with E-state index in [1.807, 2.05) is 0 Å². The van der Waals surface area contributed by atoms with Gasteiger partial charge in [0.2, 0.25) is 5.91 Å². The fourth-order valence-corrected chi connectivity index (χ4v) is 1.90. The number of aryl methyl sites for hydroxylation is 1. The lowest BCUT2D eigenvalue weighted by Crippen LogP contribution is -2.23. The highest BCUT2D eigenvalue weighted by molar-refractivity contribution is 5.79. The molecule has 5 N–H and O–H groups in total. The Hall–Kier alpha value is -1.89. The molecule has 1 atom stereocenters. The molecule has 0 bridgehead atoms. The van der Waals surface area contributed by atoms with Crippen molar-refractivity contribution in [2.75, 3.05) is 17.3 Å². The van der Waals surface area contributed by atoms with Gasteiger partial charge in [0.05, 0.1) is 6.04 Å². The molecule has 7 heteroatoms. The fraction of sp³-hybridized carbons (Fsp3) is 0.545. The Bertz CT molecular complexity index is 436. The van der Waals surface area contributed by atoms with Crippen LogP contribution in [0.4, 0.5) is 11.6 Å². The molecule has 1 unspecified atom stereocenters. The highest BCUT2D eigenvalue weighted by Gasteiger charge is 2.21. The number of carbonyl (C=O) groups is 1. The van der Waals surface area contributed by atoms with E-state index in [4.69, 9.17) is 5.84 Å². The number of nitrogens with two attached hydrogens (primary N) is 1. The Kier molecular flexibility index (Phi) is 3.93. The number of hydrogen-bond donors (Lipinski definition) is 4. The van der Waals surface area contributed by atoms with Crippen molar-refractivity contribution in [3.63, 3.8) is 0 Å². The zero-order chi connectivity index (χ0) is 13.0. The molecule has 2 rings (SSSR count). The van der Waals surface area contributed by atoms with Crippen LogP contribution in [0.5, 0.6) is 0 Å². The lowest BCUT2D eigenvalue weighted by molar-refractivity contribution is -0.119. The fourth-order valence-electron chi connectivity index (χ4n) is 1.90. The number of carbonyl (C=O) groups excluding carboxylic acids is 1. The number of rotatable bonds is 5. The Morgan fingerprint density at radius 1 is 1.50 bits per heavy atom. The summed E-state index contributed by atoms with van der Waals surface area (Å²) in [6.07, 6.45) is 2.24. The number of aromatic nitrogens is 2. The van der Waals surface area contributed by atoms with Gasteiger partial charge in [-0.2, -0.15) is 0 Å². The quantitative estimate of drug-likeness (QED) is 0.433. The second-order valence-corrected chi connectivity index (χ2v) is 4.30. The van der Waals surface area contributed by atoms with E-state index in [1.165, 1.54) is 0 Å². The standard InChI is InChI=1S/C11H18N6O/c1-2-3-8-15-9(5-10(16-8)17-12)14-7-4-11(18)13-6-7/h5,7H,2-4,6,12H2,1H3,(H,13,18)(H2,14,15,16,17). The Morgan fingerprint density at radius 3 is 2.89 bits per heavy atom.